The average molecular weight is 627 g/mol. The van der Waals surface area contributed by atoms with Gasteiger partial charge >= 0.3 is 0 Å². The first kappa shape index (κ1) is 28.6. The Morgan fingerprint density at radius 2 is 0.735 bits per heavy atom. The highest BCUT2D eigenvalue weighted by Gasteiger charge is 2.20. The second-order valence-corrected chi connectivity index (χ2v) is 12.2. The molecular weight excluding hydrogens is 597 g/mol. The number of aromatic nitrogens is 2. The van der Waals surface area contributed by atoms with Gasteiger partial charge in [-0.05, 0) is 46.0 Å². The Kier molecular flexibility index (Phi) is 7.14. The van der Waals surface area contributed by atoms with E-state index < -0.39 is 0 Å². The third-order valence-electron chi connectivity index (χ3n) is 9.14. The van der Waals surface area contributed by atoms with Crippen molar-refractivity contribution >= 4 is 21.9 Å². The predicted molar refractivity (Wildman–Crippen MR) is 202 cm³/mol. The lowest BCUT2D eigenvalue weighted by molar-refractivity contribution is 0.669. The molecule has 230 valence electrons. The topological polar surface area (TPSA) is 38.9 Å². The highest BCUT2D eigenvalue weighted by Crippen LogP contribution is 2.40. The highest BCUT2D eigenvalue weighted by molar-refractivity contribution is 6.06. The number of hydrogen-bond acceptors (Lipinski definition) is 3. The molecule has 0 N–H and O–H groups in total. The van der Waals surface area contributed by atoms with Crippen molar-refractivity contribution in [2.45, 2.75) is 0 Å². The first-order valence-electron chi connectivity index (χ1n) is 16.5. The van der Waals surface area contributed by atoms with Crippen LogP contribution in [0.5, 0.6) is 0 Å². The molecule has 49 heavy (non-hydrogen) atoms. The van der Waals surface area contributed by atoms with Gasteiger partial charge in [0.1, 0.15) is 11.2 Å². The third kappa shape index (κ3) is 5.38. The van der Waals surface area contributed by atoms with Crippen molar-refractivity contribution in [3.05, 3.63) is 182 Å². The average Bonchev–Trinajstić information content (AvgIpc) is 3.57. The summed E-state index contributed by atoms with van der Waals surface area (Å²) in [4.78, 5) is 10.4. The fraction of sp³-hybridized carbons (Fsp3) is 0. The van der Waals surface area contributed by atoms with Crippen LogP contribution < -0.4 is 0 Å². The van der Waals surface area contributed by atoms with Crippen LogP contribution in [0.1, 0.15) is 0 Å². The summed E-state index contributed by atoms with van der Waals surface area (Å²) in [6.07, 6.45) is 0. The van der Waals surface area contributed by atoms with E-state index in [4.69, 9.17) is 14.4 Å². The van der Waals surface area contributed by atoms with Crippen LogP contribution >= 0.6 is 0 Å². The van der Waals surface area contributed by atoms with E-state index in [-0.39, 0.29) is 0 Å². The third-order valence-corrected chi connectivity index (χ3v) is 9.14. The molecule has 3 heteroatoms. The lowest BCUT2D eigenvalue weighted by Crippen LogP contribution is -2.00. The van der Waals surface area contributed by atoms with Crippen LogP contribution in [-0.4, -0.2) is 9.97 Å². The zero-order valence-corrected chi connectivity index (χ0v) is 26.6. The van der Waals surface area contributed by atoms with Gasteiger partial charge in [-0.1, -0.05) is 164 Å². The SMILES string of the molecule is c1ccc(-c2nc(-c3ccccc3)c(-c3ccccc3)c(-c3ccc(-c4ccc(-c5ccc6oc7ccccc7c6c5)cc4)cc3)n2)cc1. The molecule has 9 rings (SSSR count). The van der Waals surface area contributed by atoms with E-state index in [0.717, 1.165) is 72.3 Å². The molecule has 0 saturated carbocycles. The number of nitrogens with zero attached hydrogens (tertiary/aromatic N) is 2. The molecule has 0 unspecified atom stereocenters. The molecule has 0 radical (unpaired) electrons. The monoisotopic (exact) mass is 626 g/mol. The number of benzene rings is 7. The molecule has 2 aromatic heterocycles. The van der Waals surface area contributed by atoms with E-state index >= 15 is 0 Å². The molecule has 0 fully saturated rings. The van der Waals surface area contributed by atoms with Crippen molar-refractivity contribution in [3.8, 4) is 67.3 Å². The van der Waals surface area contributed by atoms with E-state index in [1.54, 1.807) is 0 Å². The molecule has 7 aromatic carbocycles. The van der Waals surface area contributed by atoms with Crippen molar-refractivity contribution in [1.82, 2.24) is 9.97 Å². The summed E-state index contributed by atoms with van der Waals surface area (Å²) < 4.78 is 6.04. The van der Waals surface area contributed by atoms with Gasteiger partial charge in [0.25, 0.3) is 0 Å². The highest BCUT2D eigenvalue weighted by atomic mass is 16.3. The Balaban J connectivity index is 1.11. The van der Waals surface area contributed by atoms with Crippen LogP contribution in [0.2, 0.25) is 0 Å². The Morgan fingerprint density at radius 1 is 0.306 bits per heavy atom. The van der Waals surface area contributed by atoms with Gasteiger partial charge < -0.3 is 4.42 Å². The fourth-order valence-electron chi connectivity index (χ4n) is 6.65. The van der Waals surface area contributed by atoms with Crippen LogP contribution in [0, 0.1) is 0 Å². The minimum absolute atomic E-state index is 0.704. The van der Waals surface area contributed by atoms with E-state index in [1.807, 2.05) is 42.5 Å². The number of fused-ring (bicyclic) bond motifs is 3. The largest absolute Gasteiger partial charge is 0.456 e. The van der Waals surface area contributed by atoms with Crippen molar-refractivity contribution in [2.24, 2.45) is 0 Å². The molecule has 0 atom stereocenters. The van der Waals surface area contributed by atoms with E-state index in [0.29, 0.717) is 5.82 Å². The molecule has 0 saturated heterocycles. The van der Waals surface area contributed by atoms with Crippen molar-refractivity contribution < 1.29 is 4.42 Å². The predicted octanol–water partition coefficient (Wildman–Crippen LogP) is 12.4. The molecule has 3 nitrogen and oxygen atoms in total. The second kappa shape index (κ2) is 12.2. The maximum atomic E-state index is 6.04. The van der Waals surface area contributed by atoms with Gasteiger partial charge in [0.15, 0.2) is 5.82 Å². The minimum atomic E-state index is 0.704. The van der Waals surface area contributed by atoms with Gasteiger partial charge in [-0.25, -0.2) is 9.97 Å². The van der Waals surface area contributed by atoms with Crippen LogP contribution in [0.15, 0.2) is 186 Å². The molecule has 0 spiro atoms. The summed E-state index contributed by atoms with van der Waals surface area (Å²) in [5.74, 6) is 0.704. The molecule has 0 aliphatic heterocycles. The zero-order chi connectivity index (χ0) is 32.6. The van der Waals surface area contributed by atoms with E-state index in [2.05, 4.69) is 140 Å². The van der Waals surface area contributed by atoms with Gasteiger partial charge in [0.05, 0.1) is 11.4 Å². The number of furan rings is 1. The standard InChI is InChI=1S/C46H30N2O/c1-4-12-34(13-5-1)43-44(35-14-6-2-7-15-35)47-46(37-16-8-3-9-17-37)48-45(43)36-26-24-32(25-27-36)31-20-22-33(23-21-31)38-28-29-42-40(30-38)39-18-10-11-19-41(39)49-42/h1-30H. The zero-order valence-electron chi connectivity index (χ0n) is 26.6. The van der Waals surface area contributed by atoms with Crippen LogP contribution in [0.4, 0.5) is 0 Å². The van der Waals surface area contributed by atoms with Crippen molar-refractivity contribution in [1.29, 1.82) is 0 Å². The Bertz CT molecular complexity index is 2560. The van der Waals surface area contributed by atoms with Crippen LogP contribution in [0.3, 0.4) is 0 Å². The van der Waals surface area contributed by atoms with Crippen LogP contribution in [-0.2, 0) is 0 Å². The Morgan fingerprint density at radius 3 is 1.35 bits per heavy atom. The molecule has 9 aromatic rings. The molecule has 0 amide bonds. The molecule has 0 aliphatic carbocycles. The second-order valence-electron chi connectivity index (χ2n) is 12.2. The first-order chi connectivity index (χ1) is 24.3. The molecule has 0 bridgehead atoms. The number of hydrogen-bond donors (Lipinski definition) is 0. The van der Waals surface area contributed by atoms with Crippen molar-refractivity contribution in [2.75, 3.05) is 0 Å². The van der Waals surface area contributed by atoms with E-state index in [9.17, 15) is 0 Å². The Labute approximate surface area is 284 Å². The summed E-state index contributed by atoms with van der Waals surface area (Å²) in [5.41, 5.74) is 13.5. The smallest absolute Gasteiger partial charge is 0.160 e. The quantitative estimate of drug-likeness (QED) is 0.184. The number of rotatable bonds is 6. The maximum absolute atomic E-state index is 6.04. The normalized spacial score (nSPS) is 11.3. The fourth-order valence-corrected chi connectivity index (χ4v) is 6.65. The minimum Gasteiger partial charge on any atom is -0.456 e. The van der Waals surface area contributed by atoms with Gasteiger partial charge in [-0.3, -0.25) is 0 Å². The van der Waals surface area contributed by atoms with Crippen LogP contribution in [0.25, 0.3) is 89.2 Å². The summed E-state index contributed by atoms with van der Waals surface area (Å²) >= 11 is 0. The summed E-state index contributed by atoms with van der Waals surface area (Å²) in [6, 6.07) is 63.2. The molecule has 0 aliphatic rings. The van der Waals surface area contributed by atoms with Crippen molar-refractivity contribution in [3.63, 3.8) is 0 Å². The van der Waals surface area contributed by atoms with E-state index in [1.165, 1.54) is 11.1 Å². The van der Waals surface area contributed by atoms with Gasteiger partial charge in [-0.15, -0.1) is 0 Å². The summed E-state index contributed by atoms with van der Waals surface area (Å²) in [7, 11) is 0. The summed E-state index contributed by atoms with van der Waals surface area (Å²) in [5, 5.41) is 2.28. The maximum Gasteiger partial charge on any atom is 0.160 e. The lowest BCUT2D eigenvalue weighted by atomic mass is 9.93. The van der Waals surface area contributed by atoms with Gasteiger partial charge in [-0.2, -0.15) is 0 Å². The lowest BCUT2D eigenvalue weighted by Gasteiger charge is -2.17. The van der Waals surface area contributed by atoms with Gasteiger partial charge in [0.2, 0.25) is 0 Å². The summed E-state index contributed by atoms with van der Waals surface area (Å²) in [6.45, 7) is 0. The Hall–Kier alpha value is -6.58. The molecule has 2 heterocycles. The first-order valence-corrected chi connectivity index (χ1v) is 16.5. The number of para-hydroxylation sites is 1. The van der Waals surface area contributed by atoms with Gasteiger partial charge in [0, 0.05) is 33.0 Å². The molecular formula is C46H30N2O.